The highest BCUT2D eigenvalue weighted by molar-refractivity contribution is 5.28. The Morgan fingerprint density at radius 1 is 1.05 bits per heavy atom. The molecule has 1 aliphatic rings. The molecule has 2 rings (SSSR count). The molecular weight excluding hydrogens is 254 g/mol. The molecule has 1 N–H and O–H groups in total. The van der Waals surface area contributed by atoms with E-state index in [4.69, 9.17) is 0 Å². The Bertz CT molecular complexity index is 437. The number of rotatable bonds is 8. The summed E-state index contributed by atoms with van der Waals surface area (Å²) in [4.78, 5) is 0. The number of aryl methyl sites for hydroxylation is 1. The second-order valence-electron chi connectivity index (χ2n) is 8.25. The summed E-state index contributed by atoms with van der Waals surface area (Å²) < 4.78 is 0. The van der Waals surface area contributed by atoms with Gasteiger partial charge >= 0.3 is 0 Å². The maximum atomic E-state index is 3.67. The van der Waals surface area contributed by atoms with E-state index in [9.17, 15) is 0 Å². The van der Waals surface area contributed by atoms with Gasteiger partial charge < -0.3 is 5.32 Å². The molecule has 1 fully saturated rings. The van der Waals surface area contributed by atoms with E-state index in [-0.39, 0.29) is 0 Å². The first kappa shape index (κ1) is 16.5. The van der Waals surface area contributed by atoms with Crippen molar-refractivity contribution < 1.29 is 0 Å². The Morgan fingerprint density at radius 2 is 1.67 bits per heavy atom. The molecule has 0 aromatic heterocycles. The predicted octanol–water partition coefficient (Wildman–Crippen LogP) is 5.09. The van der Waals surface area contributed by atoms with Crippen molar-refractivity contribution in [3.63, 3.8) is 0 Å². The molecule has 0 unspecified atom stereocenters. The van der Waals surface area contributed by atoms with Gasteiger partial charge in [-0.1, -0.05) is 58.9 Å². The van der Waals surface area contributed by atoms with Crippen molar-refractivity contribution in [1.29, 1.82) is 0 Å². The van der Waals surface area contributed by atoms with Crippen molar-refractivity contribution in [1.82, 2.24) is 5.32 Å². The Kier molecular flexibility index (Phi) is 5.14. The van der Waals surface area contributed by atoms with Crippen LogP contribution in [0.5, 0.6) is 0 Å². The van der Waals surface area contributed by atoms with Gasteiger partial charge in [0.05, 0.1) is 0 Å². The fourth-order valence-corrected chi connectivity index (χ4v) is 2.61. The number of nitrogens with one attached hydrogen (secondary N) is 1. The number of hydrogen-bond donors (Lipinski definition) is 1. The van der Waals surface area contributed by atoms with Crippen molar-refractivity contribution in [2.75, 3.05) is 6.54 Å². The van der Waals surface area contributed by atoms with Gasteiger partial charge in [-0.05, 0) is 54.1 Å². The third kappa shape index (κ3) is 5.14. The molecule has 0 aliphatic heterocycles. The molecule has 1 aromatic rings. The van der Waals surface area contributed by atoms with Crippen LogP contribution in [0.2, 0.25) is 0 Å². The van der Waals surface area contributed by atoms with Crippen molar-refractivity contribution >= 4 is 0 Å². The largest absolute Gasteiger partial charge is 0.313 e. The van der Waals surface area contributed by atoms with Gasteiger partial charge in [0, 0.05) is 12.6 Å². The second kappa shape index (κ2) is 6.52. The highest BCUT2D eigenvalue weighted by Gasteiger charge is 2.25. The Hall–Kier alpha value is -0.820. The van der Waals surface area contributed by atoms with Gasteiger partial charge in [0.2, 0.25) is 0 Å². The average molecular weight is 287 g/mol. The molecule has 1 saturated carbocycles. The Balaban J connectivity index is 1.85. The fraction of sp³-hybridized carbons (Fsp3) is 0.700. The number of benzene rings is 1. The van der Waals surface area contributed by atoms with Gasteiger partial charge in [0.15, 0.2) is 0 Å². The molecule has 1 heteroatoms. The van der Waals surface area contributed by atoms with Crippen LogP contribution in [0.15, 0.2) is 24.3 Å². The lowest BCUT2D eigenvalue weighted by atomic mass is 9.81. The van der Waals surface area contributed by atoms with Gasteiger partial charge in [-0.25, -0.2) is 0 Å². The standard InChI is InChI=1S/C20H33N/c1-6-20(4,5)17-9-7-16(8-10-17)13-14-19(2,3)15-21-18-11-12-18/h7-10,18,21H,6,11-15H2,1-5H3. The molecule has 0 spiro atoms. The highest BCUT2D eigenvalue weighted by atomic mass is 15.0. The quantitative estimate of drug-likeness (QED) is 0.702. The summed E-state index contributed by atoms with van der Waals surface area (Å²) >= 11 is 0. The molecule has 0 bridgehead atoms. The van der Waals surface area contributed by atoms with Gasteiger partial charge in [0.1, 0.15) is 0 Å². The van der Waals surface area contributed by atoms with Crippen LogP contribution in [-0.2, 0) is 11.8 Å². The summed E-state index contributed by atoms with van der Waals surface area (Å²) in [5.74, 6) is 0. The maximum absolute atomic E-state index is 3.67. The molecule has 0 heterocycles. The smallest absolute Gasteiger partial charge is 0.00684 e. The zero-order valence-electron chi connectivity index (χ0n) is 14.6. The van der Waals surface area contributed by atoms with Crippen LogP contribution in [0.25, 0.3) is 0 Å². The average Bonchev–Trinajstić information content (AvgIpc) is 3.28. The van der Waals surface area contributed by atoms with Gasteiger partial charge in [0.25, 0.3) is 0 Å². The predicted molar refractivity (Wildman–Crippen MR) is 92.9 cm³/mol. The summed E-state index contributed by atoms with van der Waals surface area (Å²) in [6, 6.07) is 10.1. The lowest BCUT2D eigenvalue weighted by Crippen LogP contribution is -2.31. The van der Waals surface area contributed by atoms with E-state index in [1.807, 2.05) is 0 Å². The first-order valence-electron chi connectivity index (χ1n) is 8.65. The van der Waals surface area contributed by atoms with Crippen molar-refractivity contribution in [2.24, 2.45) is 5.41 Å². The minimum Gasteiger partial charge on any atom is -0.313 e. The summed E-state index contributed by atoms with van der Waals surface area (Å²) in [5, 5.41) is 3.67. The molecule has 0 radical (unpaired) electrons. The lowest BCUT2D eigenvalue weighted by molar-refractivity contribution is 0.313. The zero-order valence-corrected chi connectivity index (χ0v) is 14.6. The lowest BCUT2D eigenvalue weighted by Gasteiger charge is -2.26. The summed E-state index contributed by atoms with van der Waals surface area (Å²) in [5.41, 5.74) is 3.63. The third-order valence-corrected chi connectivity index (χ3v) is 5.16. The highest BCUT2D eigenvalue weighted by Crippen LogP contribution is 2.28. The van der Waals surface area contributed by atoms with E-state index in [1.165, 1.54) is 43.2 Å². The van der Waals surface area contributed by atoms with E-state index in [1.54, 1.807) is 0 Å². The van der Waals surface area contributed by atoms with Gasteiger partial charge in [-0.15, -0.1) is 0 Å². The maximum Gasteiger partial charge on any atom is 0.00684 e. The van der Waals surface area contributed by atoms with Crippen molar-refractivity contribution in [3.05, 3.63) is 35.4 Å². The summed E-state index contributed by atoms with van der Waals surface area (Å²) in [7, 11) is 0. The van der Waals surface area contributed by atoms with Crippen LogP contribution >= 0.6 is 0 Å². The number of hydrogen-bond acceptors (Lipinski definition) is 1. The summed E-state index contributed by atoms with van der Waals surface area (Å²) in [6.45, 7) is 12.8. The summed E-state index contributed by atoms with van der Waals surface area (Å²) in [6.07, 6.45) is 6.39. The molecule has 0 atom stereocenters. The van der Waals surface area contributed by atoms with Crippen LogP contribution in [0.3, 0.4) is 0 Å². The van der Waals surface area contributed by atoms with Crippen LogP contribution in [0.1, 0.15) is 71.4 Å². The molecule has 1 aliphatic carbocycles. The van der Waals surface area contributed by atoms with Crippen LogP contribution in [0.4, 0.5) is 0 Å². The molecule has 1 aromatic carbocycles. The molecule has 1 nitrogen and oxygen atoms in total. The van der Waals surface area contributed by atoms with E-state index >= 15 is 0 Å². The van der Waals surface area contributed by atoms with Crippen LogP contribution < -0.4 is 5.32 Å². The van der Waals surface area contributed by atoms with E-state index in [0.717, 1.165) is 12.6 Å². The van der Waals surface area contributed by atoms with Gasteiger partial charge in [-0.3, -0.25) is 0 Å². The Labute approximate surface area is 131 Å². The monoisotopic (exact) mass is 287 g/mol. The van der Waals surface area contributed by atoms with Crippen LogP contribution in [-0.4, -0.2) is 12.6 Å². The van der Waals surface area contributed by atoms with E-state index in [2.05, 4.69) is 64.2 Å². The third-order valence-electron chi connectivity index (χ3n) is 5.16. The zero-order chi connectivity index (χ0) is 15.5. The first-order chi connectivity index (χ1) is 9.82. The minimum atomic E-state index is 0.298. The molecule has 21 heavy (non-hydrogen) atoms. The van der Waals surface area contributed by atoms with E-state index in [0.29, 0.717) is 10.8 Å². The SMILES string of the molecule is CCC(C)(C)c1ccc(CCC(C)(C)CNC2CC2)cc1. The minimum absolute atomic E-state index is 0.298. The molecule has 118 valence electrons. The van der Waals surface area contributed by atoms with E-state index < -0.39 is 0 Å². The van der Waals surface area contributed by atoms with Crippen molar-refractivity contribution in [3.8, 4) is 0 Å². The second-order valence-corrected chi connectivity index (χ2v) is 8.25. The molecule has 0 amide bonds. The Morgan fingerprint density at radius 3 is 2.19 bits per heavy atom. The fourth-order valence-electron chi connectivity index (χ4n) is 2.61. The molecule has 0 saturated heterocycles. The van der Waals surface area contributed by atoms with Gasteiger partial charge in [-0.2, -0.15) is 0 Å². The molecular formula is C20H33N. The first-order valence-corrected chi connectivity index (χ1v) is 8.65. The topological polar surface area (TPSA) is 12.0 Å². The van der Waals surface area contributed by atoms with Crippen molar-refractivity contribution in [2.45, 2.75) is 78.2 Å². The normalized spacial score (nSPS) is 16.2. The van der Waals surface area contributed by atoms with Crippen LogP contribution in [0, 0.1) is 5.41 Å².